The molecule has 1 N–H and O–H groups in total. The van der Waals surface area contributed by atoms with Crippen molar-refractivity contribution in [1.29, 1.82) is 0 Å². The lowest BCUT2D eigenvalue weighted by Crippen LogP contribution is -2.49. The molecule has 2 unspecified atom stereocenters. The first-order valence-corrected chi connectivity index (χ1v) is 25.6. The van der Waals surface area contributed by atoms with Crippen molar-refractivity contribution in [2.75, 3.05) is 32.7 Å². The van der Waals surface area contributed by atoms with Gasteiger partial charge >= 0.3 is 0 Å². The van der Waals surface area contributed by atoms with Gasteiger partial charge in [-0.3, -0.25) is 14.4 Å². The van der Waals surface area contributed by atoms with Gasteiger partial charge < -0.3 is 20.0 Å². The molecule has 3 amide bonds. The molecule has 340 valence electrons. The quantitative estimate of drug-likeness (QED) is 0.100. The lowest BCUT2D eigenvalue weighted by atomic mass is 9.76. The summed E-state index contributed by atoms with van der Waals surface area (Å²) in [4.78, 5) is 55.0. The summed E-state index contributed by atoms with van der Waals surface area (Å²) in [5.74, 6) is 0.0765. The average Bonchev–Trinajstić information content (AvgIpc) is 4.15. The summed E-state index contributed by atoms with van der Waals surface area (Å²) in [6.07, 6.45) is 11.9. The zero-order valence-electron chi connectivity index (χ0n) is 38.6. The Bertz CT molecular complexity index is 2400. The highest BCUT2D eigenvalue weighted by atomic mass is 32.2. The minimum Gasteiger partial charge on any atom is -0.341 e. The van der Waals surface area contributed by atoms with Crippen LogP contribution in [0.5, 0.6) is 0 Å². The maximum absolute atomic E-state index is 14.4. The summed E-state index contributed by atoms with van der Waals surface area (Å²) in [6, 6.07) is 36.8. The van der Waals surface area contributed by atoms with Gasteiger partial charge in [0.2, 0.25) is 17.7 Å². The number of likely N-dealkylation sites (tertiary alicyclic amines) is 2. The maximum Gasteiger partial charge on any atom is 0.250 e. The largest absolute Gasteiger partial charge is 0.341 e. The Labute approximate surface area is 394 Å². The van der Waals surface area contributed by atoms with Crippen LogP contribution >= 0.6 is 23.1 Å². The molecule has 3 aliphatic rings. The first-order valence-electron chi connectivity index (χ1n) is 23.9. The highest BCUT2D eigenvalue weighted by Gasteiger charge is 2.46. The number of nitrogens with zero attached hydrogens (tertiary/aromatic N) is 4. The number of thiazole rings is 1. The SMILES string of the molecule is CCN(CC)CCCC(=O)N[C@@H](C(=O)N1CCC[C@H]1c1ncc(-c2ccc(-c3ccc(C4=CCC(C)(CC)C([C@@H]5CCCN5C(=O)Cc5ccccc5)S4)cc3)cc2)s1)c1ccccc1. The van der Waals surface area contributed by atoms with Gasteiger partial charge in [0, 0.05) is 41.9 Å². The smallest absolute Gasteiger partial charge is 0.250 e. The fourth-order valence-electron chi connectivity index (χ4n) is 9.98. The molecular formula is C55H65N5O3S2. The van der Waals surface area contributed by atoms with E-state index >= 15 is 0 Å². The third-order valence-electron chi connectivity index (χ3n) is 14.1. The molecule has 3 aliphatic heterocycles. The number of nitrogens with one attached hydrogen (secondary N) is 1. The molecule has 0 aliphatic carbocycles. The van der Waals surface area contributed by atoms with Gasteiger partial charge in [-0.1, -0.05) is 143 Å². The molecule has 2 saturated heterocycles. The normalized spacial score (nSPS) is 21.4. The number of thioether (sulfide) groups is 1. The van der Waals surface area contributed by atoms with Gasteiger partial charge in [0.25, 0.3) is 0 Å². The van der Waals surface area contributed by atoms with E-state index in [1.807, 2.05) is 71.4 Å². The van der Waals surface area contributed by atoms with Crippen LogP contribution in [0, 0.1) is 5.41 Å². The van der Waals surface area contributed by atoms with Gasteiger partial charge in [-0.25, -0.2) is 4.98 Å². The van der Waals surface area contributed by atoms with Crippen molar-refractivity contribution in [2.24, 2.45) is 5.41 Å². The summed E-state index contributed by atoms with van der Waals surface area (Å²) in [6.45, 7) is 13.3. The number of benzene rings is 4. The molecule has 4 heterocycles. The highest BCUT2D eigenvalue weighted by molar-refractivity contribution is 8.09. The number of carbonyl (C=O) groups excluding carboxylic acids is 3. The number of carbonyl (C=O) groups is 3. The van der Waals surface area contributed by atoms with Crippen LogP contribution in [0.4, 0.5) is 0 Å². The van der Waals surface area contributed by atoms with Gasteiger partial charge in [0.15, 0.2) is 0 Å². The first kappa shape index (κ1) is 46.5. The second-order valence-electron chi connectivity index (χ2n) is 18.2. The summed E-state index contributed by atoms with van der Waals surface area (Å²) >= 11 is 3.63. The van der Waals surface area contributed by atoms with Gasteiger partial charge in [-0.2, -0.15) is 0 Å². The standard InChI is InChI=1S/C55H65N5O3S2/c1-5-55(4)33-32-47(64-52(55)45-21-14-35-59(45)50(62)37-39-17-10-8-11-18-39)42-28-24-40(25-29-42)41-26-30-43(31-27-41)48-38-56-53(65-48)46-22-15-36-60(46)54(63)51(44-19-12-9-13-20-44)57-49(61)23-16-34-58(6-2)7-3/h8-13,17-20,24-32,38,45-46,51-52H,5-7,14-16,21-23,33-37H2,1-4H3,(H,57,61)/t45-,46-,51+,52?,55?/m0/s1. The van der Waals surface area contributed by atoms with E-state index in [2.05, 4.69) is 110 Å². The fourth-order valence-corrected chi connectivity index (χ4v) is 12.8. The second-order valence-corrected chi connectivity index (χ2v) is 20.5. The molecule has 0 bridgehead atoms. The van der Waals surface area contributed by atoms with Gasteiger partial charge in [-0.15, -0.1) is 23.1 Å². The van der Waals surface area contributed by atoms with Crippen LogP contribution in [-0.2, 0) is 20.8 Å². The van der Waals surface area contributed by atoms with Crippen molar-refractivity contribution >= 4 is 45.7 Å². The molecule has 1 aromatic heterocycles. The molecule has 2 fully saturated rings. The number of hydrogen-bond donors (Lipinski definition) is 1. The van der Waals surface area contributed by atoms with E-state index in [1.165, 1.54) is 16.0 Å². The predicted octanol–water partition coefficient (Wildman–Crippen LogP) is 11.6. The average molecular weight is 908 g/mol. The molecule has 8 nitrogen and oxygen atoms in total. The Morgan fingerprint density at radius 2 is 1.43 bits per heavy atom. The summed E-state index contributed by atoms with van der Waals surface area (Å²) < 4.78 is 0. The zero-order chi connectivity index (χ0) is 45.3. The summed E-state index contributed by atoms with van der Waals surface area (Å²) in [7, 11) is 0. The molecule has 0 radical (unpaired) electrons. The van der Waals surface area contributed by atoms with Crippen LogP contribution in [0.3, 0.4) is 0 Å². The number of allylic oxidation sites excluding steroid dienone is 1. The number of hydrogen-bond acceptors (Lipinski definition) is 7. The van der Waals surface area contributed by atoms with Gasteiger partial charge in [0.1, 0.15) is 11.0 Å². The molecule has 4 aromatic carbocycles. The van der Waals surface area contributed by atoms with Crippen molar-refractivity contribution in [3.05, 3.63) is 143 Å². The molecule has 8 rings (SSSR count). The van der Waals surface area contributed by atoms with E-state index in [0.29, 0.717) is 24.6 Å². The summed E-state index contributed by atoms with van der Waals surface area (Å²) in [5, 5.41) is 4.37. The third-order valence-corrected chi connectivity index (χ3v) is 17.1. The maximum atomic E-state index is 14.4. The van der Waals surface area contributed by atoms with E-state index in [4.69, 9.17) is 4.98 Å². The molecule has 65 heavy (non-hydrogen) atoms. The topological polar surface area (TPSA) is 85.8 Å². The van der Waals surface area contributed by atoms with E-state index in [0.717, 1.165) is 103 Å². The van der Waals surface area contributed by atoms with Crippen LogP contribution in [0.25, 0.3) is 26.5 Å². The van der Waals surface area contributed by atoms with E-state index in [1.54, 1.807) is 11.3 Å². The van der Waals surface area contributed by atoms with E-state index in [-0.39, 0.29) is 35.2 Å². The predicted molar refractivity (Wildman–Crippen MR) is 268 cm³/mol. The van der Waals surface area contributed by atoms with Crippen molar-refractivity contribution in [1.82, 2.24) is 25.0 Å². The van der Waals surface area contributed by atoms with Crippen LogP contribution in [0.2, 0.25) is 0 Å². The van der Waals surface area contributed by atoms with E-state index in [9.17, 15) is 14.4 Å². The number of rotatable bonds is 17. The van der Waals surface area contributed by atoms with E-state index < -0.39 is 6.04 Å². The summed E-state index contributed by atoms with van der Waals surface area (Å²) in [5.41, 5.74) is 6.66. The Morgan fingerprint density at radius 3 is 2.11 bits per heavy atom. The minimum absolute atomic E-state index is 0.0768. The monoisotopic (exact) mass is 907 g/mol. The van der Waals surface area contributed by atoms with Crippen LogP contribution < -0.4 is 5.32 Å². The fraction of sp³-hybridized carbons (Fsp3) is 0.418. The van der Waals surface area contributed by atoms with Gasteiger partial charge in [0.05, 0.1) is 17.3 Å². The number of aromatic nitrogens is 1. The zero-order valence-corrected chi connectivity index (χ0v) is 40.2. The van der Waals surface area contributed by atoms with Crippen molar-refractivity contribution in [2.45, 2.75) is 109 Å². The first-order chi connectivity index (χ1) is 31.7. The number of amides is 3. The lowest BCUT2D eigenvalue weighted by molar-refractivity contribution is -0.137. The molecule has 10 heteroatoms. The van der Waals surface area contributed by atoms with Crippen molar-refractivity contribution in [3.8, 4) is 21.6 Å². The Kier molecular flexibility index (Phi) is 15.4. The Hall–Kier alpha value is -5.03. The van der Waals surface area contributed by atoms with Crippen LogP contribution in [0.15, 0.2) is 121 Å². The van der Waals surface area contributed by atoms with Crippen molar-refractivity contribution < 1.29 is 14.4 Å². The molecule has 5 atom stereocenters. The molecule has 0 spiro atoms. The van der Waals surface area contributed by atoms with Crippen LogP contribution in [0.1, 0.15) is 113 Å². The van der Waals surface area contributed by atoms with Crippen molar-refractivity contribution in [3.63, 3.8) is 0 Å². The van der Waals surface area contributed by atoms with Crippen LogP contribution in [-0.4, -0.2) is 81.4 Å². The molecule has 5 aromatic rings. The molecular weight excluding hydrogens is 843 g/mol. The van der Waals surface area contributed by atoms with Gasteiger partial charge in [-0.05, 0) is 103 Å². The second kappa shape index (κ2) is 21.5. The molecule has 0 saturated carbocycles. The highest BCUT2D eigenvalue weighted by Crippen LogP contribution is 2.52. The minimum atomic E-state index is -0.740. The lowest BCUT2D eigenvalue weighted by Gasteiger charge is -2.45. The third kappa shape index (κ3) is 10.8. The Morgan fingerprint density at radius 1 is 0.800 bits per heavy atom. The Balaban J connectivity index is 0.914.